The van der Waals surface area contributed by atoms with Gasteiger partial charge in [-0.15, -0.1) is 0 Å². The molecule has 3 rings (SSSR count). The Hall–Kier alpha value is -2.83. The van der Waals surface area contributed by atoms with Crippen LogP contribution in [-0.4, -0.2) is 14.2 Å². The van der Waals surface area contributed by atoms with Gasteiger partial charge in [0, 0.05) is 18.8 Å². The van der Waals surface area contributed by atoms with Crippen LogP contribution >= 0.6 is 0 Å². The first-order valence-corrected chi connectivity index (χ1v) is 11.7. The summed E-state index contributed by atoms with van der Waals surface area (Å²) in [6.45, 7) is 5.68. The maximum Gasteiger partial charge on any atom is 0.232 e. The van der Waals surface area contributed by atoms with Crippen molar-refractivity contribution in [2.45, 2.75) is 33.5 Å². The Morgan fingerprint density at radius 1 is 0.767 bits per heavy atom. The molecule has 0 fully saturated rings. The molecule has 6 heteroatoms. The second kappa shape index (κ2) is 10.3. The normalized spacial score (nSPS) is 11.3. The summed E-state index contributed by atoms with van der Waals surface area (Å²) in [5.74, 6) is 0.913. The minimum Gasteiger partial charge on any atom is -0.489 e. The van der Waals surface area contributed by atoms with E-state index >= 15 is 0 Å². The monoisotopic (exact) mass is 424 g/mol. The number of anilines is 1. The third-order valence-electron chi connectivity index (χ3n) is 4.72. The standard InChI is InChI=1S/C24H28N2O3S/c1-3-30(27,28)26-23-12-8-20(9-13-23)16-25-17-21-10-14-24(15-11-21)29-18-22-6-4-19(2)5-7-22/h4-15,25-26H,3,16-18H2,1-2H3. The molecule has 158 valence electrons. The average molecular weight is 425 g/mol. The minimum atomic E-state index is -3.24. The summed E-state index contributed by atoms with van der Waals surface area (Å²) in [5, 5.41) is 3.40. The van der Waals surface area contributed by atoms with E-state index in [9.17, 15) is 8.42 Å². The van der Waals surface area contributed by atoms with E-state index < -0.39 is 10.0 Å². The van der Waals surface area contributed by atoms with Crippen molar-refractivity contribution in [3.05, 3.63) is 95.1 Å². The first-order valence-electron chi connectivity index (χ1n) is 10.0. The van der Waals surface area contributed by atoms with E-state index in [4.69, 9.17) is 4.74 Å². The van der Waals surface area contributed by atoms with Crippen molar-refractivity contribution in [2.24, 2.45) is 0 Å². The van der Waals surface area contributed by atoms with Crippen molar-refractivity contribution in [3.63, 3.8) is 0 Å². The Kier molecular flexibility index (Phi) is 7.49. The highest BCUT2D eigenvalue weighted by Crippen LogP contribution is 2.15. The Morgan fingerprint density at radius 2 is 1.30 bits per heavy atom. The Balaban J connectivity index is 1.43. The zero-order chi connectivity index (χ0) is 21.4. The Labute approximate surface area is 179 Å². The Bertz CT molecular complexity index is 1030. The fourth-order valence-corrected chi connectivity index (χ4v) is 3.49. The van der Waals surface area contributed by atoms with Crippen molar-refractivity contribution < 1.29 is 13.2 Å². The van der Waals surface area contributed by atoms with Crippen molar-refractivity contribution in [1.82, 2.24) is 5.32 Å². The summed E-state index contributed by atoms with van der Waals surface area (Å²) in [7, 11) is -3.24. The van der Waals surface area contributed by atoms with Crippen molar-refractivity contribution in [2.75, 3.05) is 10.5 Å². The highest BCUT2D eigenvalue weighted by Gasteiger charge is 2.06. The van der Waals surface area contributed by atoms with E-state index in [1.165, 1.54) is 11.1 Å². The molecule has 0 heterocycles. The summed E-state index contributed by atoms with van der Waals surface area (Å²) in [5.41, 5.74) is 5.24. The molecule has 2 N–H and O–H groups in total. The van der Waals surface area contributed by atoms with Gasteiger partial charge in [-0.1, -0.05) is 54.1 Å². The van der Waals surface area contributed by atoms with Gasteiger partial charge in [0.2, 0.25) is 10.0 Å². The number of ether oxygens (including phenoxy) is 1. The topological polar surface area (TPSA) is 67.4 Å². The predicted molar refractivity (Wildman–Crippen MR) is 122 cm³/mol. The summed E-state index contributed by atoms with van der Waals surface area (Å²) >= 11 is 0. The van der Waals surface area contributed by atoms with Crippen LogP contribution in [0.5, 0.6) is 5.75 Å². The number of sulfonamides is 1. The summed E-state index contributed by atoms with van der Waals surface area (Å²) in [6.07, 6.45) is 0. The molecule has 30 heavy (non-hydrogen) atoms. The number of aryl methyl sites for hydroxylation is 1. The quantitative estimate of drug-likeness (QED) is 0.498. The zero-order valence-corrected chi connectivity index (χ0v) is 18.2. The molecule has 0 unspecified atom stereocenters. The molecule has 0 aromatic heterocycles. The van der Waals surface area contributed by atoms with Gasteiger partial charge < -0.3 is 10.1 Å². The summed E-state index contributed by atoms with van der Waals surface area (Å²) in [6, 6.07) is 23.8. The van der Waals surface area contributed by atoms with Gasteiger partial charge in [-0.2, -0.15) is 0 Å². The van der Waals surface area contributed by atoms with E-state index in [0.29, 0.717) is 18.8 Å². The molecule has 3 aromatic rings. The summed E-state index contributed by atoms with van der Waals surface area (Å²) < 4.78 is 31.6. The number of benzene rings is 3. The fourth-order valence-electron chi connectivity index (χ4n) is 2.85. The lowest BCUT2D eigenvalue weighted by molar-refractivity contribution is 0.306. The molecule has 0 aliphatic heterocycles. The van der Waals surface area contributed by atoms with Crippen molar-refractivity contribution in [1.29, 1.82) is 0 Å². The number of nitrogens with one attached hydrogen (secondary N) is 2. The SMILES string of the molecule is CCS(=O)(=O)Nc1ccc(CNCc2ccc(OCc3ccc(C)cc3)cc2)cc1. The van der Waals surface area contributed by atoms with Crippen molar-refractivity contribution in [3.8, 4) is 5.75 Å². The van der Waals surface area contributed by atoms with Crippen LogP contribution in [-0.2, 0) is 29.7 Å². The largest absolute Gasteiger partial charge is 0.489 e. The molecule has 0 amide bonds. The summed E-state index contributed by atoms with van der Waals surface area (Å²) in [4.78, 5) is 0. The second-order valence-electron chi connectivity index (χ2n) is 7.22. The first kappa shape index (κ1) is 21.9. The minimum absolute atomic E-state index is 0.0616. The maximum absolute atomic E-state index is 11.6. The van der Waals surface area contributed by atoms with Gasteiger partial charge in [-0.3, -0.25) is 4.72 Å². The maximum atomic E-state index is 11.6. The lowest BCUT2D eigenvalue weighted by Crippen LogP contribution is -2.15. The van der Waals surface area contributed by atoms with Gasteiger partial charge in [0.05, 0.1) is 5.75 Å². The molecule has 0 saturated carbocycles. The van der Waals surface area contributed by atoms with E-state index in [-0.39, 0.29) is 5.75 Å². The highest BCUT2D eigenvalue weighted by atomic mass is 32.2. The third-order valence-corrected chi connectivity index (χ3v) is 6.02. The number of hydrogen-bond donors (Lipinski definition) is 2. The van der Waals surface area contributed by atoms with Crippen LogP contribution in [0.2, 0.25) is 0 Å². The van der Waals surface area contributed by atoms with E-state index in [2.05, 4.69) is 53.4 Å². The van der Waals surface area contributed by atoms with Crippen LogP contribution in [0.15, 0.2) is 72.8 Å². The third kappa shape index (κ3) is 6.90. The van der Waals surface area contributed by atoms with E-state index in [0.717, 1.165) is 23.4 Å². The lowest BCUT2D eigenvalue weighted by atomic mass is 10.1. The second-order valence-corrected chi connectivity index (χ2v) is 9.24. The van der Waals surface area contributed by atoms with Gasteiger partial charge in [0.1, 0.15) is 12.4 Å². The molecule has 0 aliphatic rings. The van der Waals surface area contributed by atoms with E-state index in [1.54, 1.807) is 19.1 Å². The van der Waals surface area contributed by atoms with Gasteiger partial charge >= 0.3 is 0 Å². The molecular weight excluding hydrogens is 396 g/mol. The molecule has 0 radical (unpaired) electrons. The van der Waals surface area contributed by atoms with Crippen LogP contribution < -0.4 is 14.8 Å². The van der Waals surface area contributed by atoms with Crippen LogP contribution in [0.4, 0.5) is 5.69 Å². The number of rotatable bonds is 10. The Morgan fingerprint density at radius 3 is 1.87 bits per heavy atom. The van der Waals surface area contributed by atoms with Gasteiger partial charge in [0.15, 0.2) is 0 Å². The molecule has 0 atom stereocenters. The smallest absolute Gasteiger partial charge is 0.232 e. The van der Waals surface area contributed by atoms with Crippen LogP contribution in [0.25, 0.3) is 0 Å². The van der Waals surface area contributed by atoms with Crippen molar-refractivity contribution >= 4 is 15.7 Å². The predicted octanol–water partition coefficient (Wildman–Crippen LogP) is 4.63. The number of hydrogen-bond acceptors (Lipinski definition) is 4. The lowest BCUT2D eigenvalue weighted by Gasteiger charge is -2.09. The highest BCUT2D eigenvalue weighted by molar-refractivity contribution is 7.92. The fraction of sp³-hybridized carbons (Fsp3) is 0.250. The van der Waals surface area contributed by atoms with Gasteiger partial charge in [-0.05, 0) is 54.8 Å². The molecular formula is C24H28N2O3S. The molecule has 3 aromatic carbocycles. The molecule has 0 saturated heterocycles. The molecule has 0 bridgehead atoms. The molecule has 0 aliphatic carbocycles. The zero-order valence-electron chi connectivity index (χ0n) is 17.4. The van der Waals surface area contributed by atoms with Gasteiger partial charge in [0.25, 0.3) is 0 Å². The molecule has 5 nitrogen and oxygen atoms in total. The first-order chi connectivity index (χ1) is 14.4. The van der Waals surface area contributed by atoms with Crippen LogP contribution in [0, 0.1) is 6.92 Å². The van der Waals surface area contributed by atoms with Crippen LogP contribution in [0.3, 0.4) is 0 Å². The van der Waals surface area contributed by atoms with Gasteiger partial charge in [-0.25, -0.2) is 8.42 Å². The molecule has 0 spiro atoms. The average Bonchev–Trinajstić information content (AvgIpc) is 2.75. The van der Waals surface area contributed by atoms with Crippen LogP contribution in [0.1, 0.15) is 29.2 Å². The van der Waals surface area contributed by atoms with E-state index in [1.807, 2.05) is 24.3 Å².